The molecule has 0 saturated carbocycles. The number of nitrogens with zero attached hydrogens (tertiary/aromatic N) is 6. The van der Waals surface area contributed by atoms with Gasteiger partial charge in [-0.25, -0.2) is 9.67 Å². The third kappa shape index (κ3) is 7.39. The number of para-hydroxylation sites is 1. The Kier molecular flexibility index (Phi) is 9.00. The van der Waals surface area contributed by atoms with E-state index in [1.165, 1.54) is 6.33 Å². The second-order valence-electron chi connectivity index (χ2n) is 9.73. The first-order valence-electron chi connectivity index (χ1n) is 12.0. The van der Waals surface area contributed by atoms with E-state index >= 15 is 0 Å². The first kappa shape index (κ1) is 24.9. The topological polar surface area (TPSA) is 74.6 Å². The van der Waals surface area contributed by atoms with Gasteiger partial charge in [-0.15, -0.1) is 0 Å². The highest BCUT2D eigenvalue weighted by atomic mass is 16.2. The Bertz CT molecular complexity index is 896. The SMILES string of the molecule is CC(C)CC(=O)N1CCCN(CC(C)C)CCN(C(=O)Cn2cncn2)Cc2ccccc21. The van der Waals surface area contributed by atoms with Gasteiger partial charge in [0.1, 0.15) is 19.2 Å². The summed E-state index contributed by atoms with van der Waals surface area (Å²) in [5, 5.41) is 4.10. The molecule has 8 heteroatoms. The normalized spacial score (nSPS) is 16.1. The van der Waals surface area contributed by atoms with Crippen LogP contribution in [0, 0.1) is 11.8 Å². The van der Waals surface area contributed by atoms with E-state index in [-0.39, 0.29) is 18.4 Å². The van der Waals surface area contributed by atoms with Gasteiger partial charge in [-0.1, -0.05) is 45.9 Å². The molecule has 0 fully saturated rings. The molecular weight excluding hydrogens is 416 g/mol. The fourth-order valence-corrected chi connectivity index (χ4v) is 4.32. The average molecular weight is 455 g/mol. The fraction of sp³-hybridized carbons (Fsp3) is 0.600. The van der Waals surface area contributed by atoms with Crippen LogP contribution in [0.2, 0.25) is 0 Å². The molecule has 0 bridgehead atoms. The Morgan fingerprint density at radius 3 is 2.45 bits per heavy atom. The first-order valence-corrected chi connectivity index (χ1v) is 12.0. The molecule has 0 atom stereocenters. The highest BCUT2D eigenvalue weighted by Crippen LogP contribution is 2.25. The summed E-state index contributed by atoms with van der Waals surface area (Å²) in [5.74, 6) is 0.970. The van der Waals surface area contributed by atoms with Gasteiger partial charge in [0, 0.05) is 44.8 Å². The summed E-state index contributed by atoms with van der Waals surface area (Å²) >= 11 is 0. The van der Waals surface area contributed by atoms with Crippen LogP contribution in [0.5, 0.6) is 0 Å². The van der Waals surface area contributed by atoms with Gasteiger partial charge in [-0.3, -0.25) is 9.59 Å². The van der Waals surface area contributed by atoms with Gasteiger partial charge < -0.3 is 14.7 Å². The minimum atomic E-state index is -0.000830. The Hall–Kier alpha value is -2.74. The van der Waals surface area contributed by atoms with Crippen molar-refractivity contribution >= 4 is 17.5 Å². The highest BCUT2D eigenvalue weighted by Gasteiger charge is 2.24. The van der Waals surface area contributed by atoms with Gasteiger partial charge in [0.05, 0.1) is 0 Å². The molecule has 3 rings (SSSR count). The molecule has 2 aromatic rings. The second kappa shape index (κ2) is 11.9. The Balaban J connectivity index is 1.91. The fourth-order valence-electron chi connectivity index (χ4n) is 4.32. The van der Waals surface area contributed by atoms with E-state index in [9.17, 15) is 9.59 Å². The van der Waals surface area contributed by atoms with Crippen molar-refractivity contribution < 1.29 is 9.59 Å². The second-order valence-corrected chi connectivity index (χ2v) is 9.73. The summed E-state index contributed by atoms with van der Waals surface area (Å²) in [6, 6.07) is 8.00. The van der Waals surface area contributed by atoms with E-state index in [0.29, 0.717) is 37.9 Å². The van der Waals surface area contributed by atoms with Gasteiger partial charge >= 0.3 is 0 Å². The zero-order valence-electron chi connectivity index (χ0n) is 20.5. The predicted octanol–water partition coefficient (Wildman–Crippen LogP) is 3.05. The minimum Gasteiger partial charge on any atom is -0.335 e. The van der Waals surface area contributed by atoms with Crippen LogP contribution in [0.15, 0.2) is 36.9 Å². The lowest BCUT2D eigenvalue weighted by Crippen LogP contribution is -2.41. The van der Waals surface area contributed by atoms with Gasteiger partial charge in [0.25, 0.3) is 0 Å². The Morgan fingerprint density at radius 1 is 0.970 bits per heavy atom. The Labute approximate surface area is 197 Å². The number of amides is 2. The summed E-state index contributed by atoms with van der Waals surface area (Å²) in [5.41, 5.74) is 1.91. The lowest BCUT2D eigenvalue weighted by molar-refractivity contribution is -0.133. The predicted molar refractivity (Wildman–Crippen MR) is 130 cm³/mol. The van der Waals surface area contributed by atoms with E-state index in [0.717, 1.165) is 37.3 Å². The third-order valence-corrected chi connectivity index (χ3v) is 5.81. The van der Waals surface area contributed by atoms with E-state index < -0.39 is 0 Å². The molecule has 2 amide bonds. The summed E-state index contributed by atoms with van der Waals surface area (Å²) in [7, 11) is 0. The largest absolute Gasteiger partial charge is 0.335 e. The molecule has 1 aromatic carbocycles. The number of carbonyl (C=O) groups is 2. The molecule has 1 aliphatic rings. The van der Waals surface area contributed by atoms with Gasteiger partial charge in [0.15, 0.2) is 0 Å². The van der Waals surface area contributed by atoms with Crippen LogP contribution in [-0.2, 0) is 22.7 Å². The number of fused-ring (bicyclic) bond motifs is 1. The number of carbonyl (C=O) groups excluding carboxylic acids is 2. The smallest absolute Gasteiger partial charge is 0.244 e. The highest BCUT2D eigenvalue weighted by molar-refractivity contribution is 5.94. The van der Waals surface area contributed by atoms with Crippen LogP contribution in [0.4, 0.5) is 5.69 Å². The monoisotopic (exact) mass is 454 g/mol. The van der Waals surface area contributed by atoms with Crippen LogP contribution in [0.25, 0.3) is 0 Å². The molecular formula is C25H38N6O2. The lowest BCUT2D eigenvalue weighted by atomic mass is 10.1. The van der Waals surface area contributed by atoms with Crippen molar-refractivity contribution in [3.8, 4) is 0 Å². The molecule has 33 heavy (non-hydrogen) atoms. The molecule has 0 unspecified atom stereocenters. The van der Waals surface area contributed by atoms with Gasteiger partial charge in [-0.2, -0.15) is 5.10 Å². The van der Waals surface area contributed by atoms with E-state index in [1.807, 2.05) is 34.1 Å². The maximum atomic E-state index is 13.3. The minimum absolute atomic E-state index is 0.000830. The van der Waals surface area contributed by atoms with Crippen molar-refractivity contribution in [2.45, 2.75) is 53.6 Å². The van der Waals surface area contributed by atoms with Crippen molar-refractivity contribution in [3.05, 3.63) is 42.5 Å². The van der Waals surface area contributed by atoms with Crippen molar-refractivity contribution in [3.63, 3.8) is 0 Å². The number of aromatic nitrogens is 3. The van der Waals surface area contributed by atoms with E-state index in [1.54, 1.807) is 11.0 Å². The first-order chi connectivity index (χ1) is 15.8. The maximum absolute atomic E-state index is 13.3. The van der Waals surface area contributed by atoms with Crippen LogP contribution in [0.1, 0.15) is 46.1 Å². The van der Waals surface area contributed by atoms with Gasteiger partial charge in [0.2, 0.25) is 11.8 Å². The number of anilines is 1. The van der Waals surface area contributed by atoms with Crippen molar-refractivity contribution in [2.75, 3.05) is 37.6 Å². The molecule has 2 heterocycles. The lowest BCUT2D eigenvalue weighted by Gasteiger charge is -2.29. The molecule has 0 spiro atoms. The van der Waals surface area contributed by atoms with Crippen molar-refractivity contribution in [1.82, 2.24) is 24.6 Å². The number of hydrogen-bond acceptors (Lipinski definition) is 5. The Morgan fingerprint density at radius 2 is 1.76 bits per heavy atom. The average Bonchev–Trinajstić information content (AvgIpc) is 3.25. The molecule has 0 aliphatic carbocycles. The van der Waals surface area contributed by atoms with E-state index in [2.05, 4.69) is 42.7 Å². The maximum Gasteiger partial charge on any atom is 0.244 e. The molecule has 1 aliphatic heterocycles. The summed E-state index contributed by atoms with van der Waals surface area (Å²) < 4.78 is 1.56. The number of benzene rings is 1. The quantitative estimate of drug-likeness (QED) is 0.671. The molecule has 0 saturated heterocycles. The number of rotatable bonds is 6. The van der Waals surface area contributed by atoms with Crippen molar-refractivity contribution in [1.29, 1.82) is 0 Å². The van der Waals surface area contributed by atoms with Crippen LogP contribution < -0.4 is 4.90 Å². The zero-order valence-corrected chi connectivity index (χ0v) is 20.5. The van der Waals surface area contributed by atoms with E-state index in [4.69, 9.17) is 0 Å². The zero-order chi connectivity index (χ0) is 23.8. The van der Waals surface area contributed by atoms with Crippen molar-refractivity contribution in [2.24, 2.45) is 11.8 Å². The number of hydrogen-bond donors (Lipinski definition) is 0. The molecule has 1 aromatic heterocycles. The molecule has 8 nitrogen and oxygen atoms in total. The van der Waals surface area contributed by atoms with Crippen LogP contribution in [0.3, 0.4) is 0 Å². The van der Waals surface area contributed by atoms with Crippen LogP contribution in [-0.4, -0.2) is 69.1 Å². The summed E-state index contributed by atoms with van der Waals surface area (Å²) in [4.78, 5) is 36.7. The molecule has 0 radical (unpaired) electrons. The summed E-state index contributed by atoms with van der Waals surface area (Å²) in [6.07, 6.45) is 4.42. The standard InChI is InChI=1S/C25H38N6O2/c1-20(2)14-24(32)31-11-7-10-28(15-21(3)4)12-13-29(16-22-8-5-6-9-23(22)31)25(33)17-30-19-26-18-27-30/h5-6,8-9,18-21H,7,10-17H2,1-4H3. The summed E-state index contributed by atoms with van der Waals surface area (Å²) in [6.45, 7) is 13.2. The molecule has 0 N–H and O–H groups in total. The third-order valence-electron chi connectivity index (χ3n) is 5.81. The molecule has 180 valence electrons. The van der Waals surface area contributed by atoms with Gasteiger partial charge in [-0.05, 0) is 36.4 Å². The van der Waals surface area contributed by atoms with Crippen LogP contribution >= 0.6 is 0 Å².